The van der Waals surface area contributed by atoms with Gasteiger partial charge in [0, 0.05) is 0 Å². The largest absolute Gasteiger partial charge is 0.494 e. The Balaban J connectivity index is 2.44. The van der Waals surface area contributed by atoms with Gasteiger partial charge in [-0.25, -0.2) is 4.39 Å². The lowest BCUT2D eigenvalue weighted by Gasteiger charge is -2.24. The van der Waals surface area contributed by atoms with Gasteiger partial charge in [0.15, 0.2) is 11.6 Å². The highest BCUT2D eigenvalue weighted by atomic mass is 19.1. The van der Waals surface area contributed by atoms with Crippen LogP contribution in [0.15, 0.2) is 18.2 Å². The zero-order valence-corrected chi connectivity index (χ0v) is 9.70. The molecule has 1 aromatic rings. The molecule has 1 N–H and O–H groups in total. The quantitative estimate of drug-likeness (QED) is 0.880. The van der Waals surface area contributed by atoms with Crippen LogP contribution in [0.3, 0.4) is 0 Å². The van der Waals surface area contributed by atoms with E-state index in [4.69, 9.17) is 4.74 Å². The van der Waals surface area contributed by atoms with Gasteiger partial charge in [-0.2, -0.15) is 0 Å². The van der Waals surface area contributed by atoms with Crippen molar-refractivity contribution >= 4 is 5.97 Å². The normalized spacial score (nSPS) is 18.0. The van der Waals surface area contributed by atoms with Crippen LogP contribution in [-0.4, -0.2) is 18.2 Å². The molecule has 2 rings (SSSR count). The van der Waals surface area contributed by atoms with Crippen LogP contribution in [0.5, 0.6) is 5.75 Å². The average Bonchev–Trinajstić information content (AvgIpc) is 2.79. The second-order valence-electron chi connectivity index (χ2n) is 4.44. The number of hydrogen-bond donors (Lipinski definition) is 1. The summed E-state index contributed by atoms with van der Waals surface area (Å²) >= 11 is 0. The highest BCUT2D eigenvalue weighted by Crippen LogP contribution is 2.42. The summed E-state index contributed by atoms with van der Waals surface area (Å²) in [6.07, 6.45) is 2.90. The van der Waals surface area contributed by atoms with Crippen molar-refractivity contribution in [2.24, 2.45) is 0 Å². The summed E-state index contributed by atoms with van der Waals surface area (Å²) in [7, 11) is 1.39. The number of benzene rings is 1. The number of rotatable bonds is 3. The summed E-state index contributed by atoms with van der Waals surface area (Å²) in [4.78, 5) is 11.4. The maximum Gasteiger partial charge on any atom is 0.314 e. The van der Waals surface area contributed by atoms with E-state index in [0.717, 1.165) is 12.8 Å². The van der Waals surface area contributed by atoms with E-state index in [1.165, 1.54) is 19.2 Å². The fourth-order valence-electron chi connectivity index (χ4n) is 2.57. The molecule has 3 nitrogen and oxygen atoms in total. The lowest BCUT2D eigenvalue weighted by molar-refractivity contribution is -0.143. The maximum atomic E-state index is 13.6. The minimum Gasteiger partial charge on any atom is -0.494 e. The van der Waals surface area contributed by atoms with Crippen LogP contribution < -0.4 is 4.74 Å². The fraction of sp³-hybridized carbons (Fsp3) is 0.462. The maximum absolute atomic E-state index is 13.6. The van der Waals surface area contributed by atoms with E-state index in [-0.39, 0.29) is 5.75 Å². The van der Waals surface area contributed by atoms with Crippen LogP contribution in [0.4, 0.5) is 4.39 Å². The van der Waals surface area contributed by atoms with Crippen molar-refractivity contribution in [1.29, 1.82) is 0 Å². The summed E-state index contributed by atoms with van der Waals surface area (Å²) < 4.78 is 18.5. The Morgan fingerprint density at radius 3 is 2.53 bits per heavy atom. The summed E-state index contributed by atoms with van der Waals surface area (Å²) in [6.45, 7) is 0. The molecule has 17 heavy (non-hydrogen) atoms. The standard InChI is InChI=1S/C13H15FO3/c1-17-11-5-4-9(8-10(11)14)13(12(15)16)6-2-3-7-13/h4-5,8H,2-3,6-7H2,1H3,(H,15,16). The number of ether oxygens (including phenoxy) is 1. The Morgan fingerprint density at radius 2 is 2.06 bits per heavy atom. The Labute approximate surface area is 99.2 Å². The zero-order valence-electron chi connectivity index (χ0n) is 9.70. The molecule has 0 amide bonds. The smallest absolute Gasteiger partial charge is 0.314 e. The molecule has 1 fully saturated rings. The Bertz CT molecular complexity index is 436. The highest BCUT2D eigenvalue weighted by Gasteiger charge is 2.43. The minimum absolute atomic E-state index is 0.146. The topological polar surface area (TPSA) is 46.5 Å². The van der Waals surface area contributed by atoms with Gasteiger partial charge in [0.05, 0.1) is 12.5 Å². The molecule has 1 aliphatic rings. The van der Waals surface area contributed by atoms with Crippen LogP contribution in [0.2, 0.25) is 0 Å². The monoisotopic (exact) mass is 238 g/mol. The SMILES string of the molecule is COc1ccc(C2(C(=O)O)CCCC2)cc1F. The van der Waals surface area contributed by atoms with E-state index < -0.39 is 17.2 Å². The molecule has 0 aromatic heterocycles. The predicted octanol–water partition coefficient (Wildman–Crippen LogP) is 2.73. The molecule has 0 spiro atoms. The zero-order chi connectivity index (χ0) is 12.5. The number of carboxylic acids is 1. The van der Waals surface area contributed by atoms with E-state index >= 15 is 0 Å². The molecule has 4 heteroatoms. The van der Waals surface area contributed by atoms with E-state index in [1.54, 1.807) is 6.07 Å². The third-order valence-corrected chi connectivity index (χ3v) is 3.57. The number of carboxylic acid groups (broad SMARTS) is 1. The molecule has 0 saturated heterocycles. The lowest BCUT2D eigenvalue weighted by atomic mass is 9.79. The molecule has 0 bridgehead atoms. The summed E-state index contributed by atoms with van der Waals surface area (Å²) in [5.41, 5.74) is -0.367. The minimum atomic E-state index is -0.910. The number of methoxy groups -OCH3 is 1. The van der Waals surface area contributed by atoms with Crippen molar-refractivity contribution in [3.8, 4) is 5.75 Å². The molecule has 0 aliphatic heterocycles. The molecule has 0 radical (unpaired) electrons. The van der Waals surface area contributed by atoms with Gasteiger partial charge in [-0.05, 0) is 30.5 Å². The Morgan fingerprint density at radius 1 is 1.41 bits per heavy atom. The molecule has 1 saturated carbocycles. The van der Waals surface area contributed by atoms with Gasteiger partial charge in [0.1, 0.15) is 0 Å². The fourth-order valence-corrected chi connectivity index (χ4v) is 2.57. The highest BCUT2D eigenvalue weighted by molar-refractivity contribution is 5.81. The third kappa shape index (κ3) is 1.88. The van der Waals surface area contributed by atoms with Crippen molar-refractivity contribution < 1.29 is 19.0 Å². The van der Waals surface area contributed by atoms with Crippen LogP contribution in [-0.2, 0) is 10.2 Å². The Kier molecular flexibility index (Phi) is 3.05. The summed E-state index contributed by atoms with van der Waals surface area (Å²) in [5, 5.41) is 9.38. The average molecular weight is 238 g/mol. The van der Waals surface area contributed by atoms with E-state index in [1.807, 2.05) is 0 Å². The first-order valence-electron chi connectivity index (χ1n) is 5.67. The van der Waals surface area contributed by atoms with E-state index in [2.05, 4.69) is 0 Å². The number of carbonyl (C=O) groups is 1. The van der Waals surface area contributed by atoms with Gasteiger partial charge in [-0.15, -0.1) is 0 Å². The molecular weight excluding hydrogens is 223 g/mol. The molecular formula is C13H15FO3. The van der Waals surface area contributed by atoms with Crippen molar-refractivity contribution in [2.75, 3.05) is 7.11 Å². The molecule has 1 aromatic carbocycles. The molecule has 0 atom stereocenters. The first-order chi connectivity index (χ1) is 8.10. The molecule has 0 heterocycles. The molecule has 1 aliphatic carbocycles. The molecule has 0 unspecified atom stereocenters. The van der Waals surface area contributed by atoms with Crippen molar-refractivity contribution in [3.05, 3.63) is 29.6 Å². The number of aliphatic carboxylic acids is 1. The van der Waals surface area contributed by atoms with Gasteiger partial charge < -0.3 is 9.84 Å². The van der Waals surface area contributed by atoms with Crippen molar-refractivity contribution in [2.45, 2.75) is 31.1 Å². The number of halogens is 1. The van der Waals surface area contributed by atoms with Crippen molar-refractivity contribution in [3.63, 3.8) is 0 Å². The number of hydrogen-bond acceptors (Lipinski definition) is 2. The van der Waals surface area contributed by atoms with Gasteiger partial charge >= 0.3 is 5.97 Å². The van der Waals surface area contributed by atoms with Gasteiger partial charge in [0.25, 0.3) is 0 Å². The lowest BCUT2D eigenvalue weighted by Crippen LogP contribution is -2.32. The van der Waals surface area contributed by atoms with Gasteiger partial charge in [0.2, 0.25) is 0 Å². The second-order valence-corrected chi connectivity index (χ2v) is 4.44. The van der Waals surface area contributed by atoms with Crippen molar-refractivity contribution in [1.82, 2.24) is 0 Å². The second kappa shape index (κ2) is 4.35. The molecule has 92 valence electrons. The summed E-state index contributed by atoms with van der Waals surface area (Å²) in [5.74, 6) is -1.22. The van der Waals surface area contributed by atoms with Gasteiger partial charge in [-0.1, -0.05) is 18.9 Å². The third-order valence-electron chi connectivity index (χ3n) is 3.57. The first-order valence-corrected chi connectivity index (χ1v) is 5.67. The van der Waals surface area contributed by atoms with E-state index in [0.29, 0.717) is 18.4 Å². The van der Waals surface area contributed by atoms with Crippen LogP contribution in [0.25, 0.3) is 0 Å². The van der Waals surface area contributed by atoms with Crippen LogP contribution in [0.1, 0.15) is 31.2 Å². The Hall–Kier alpha value is -1.58. The van der Waals surface area contributed by atoms with Crippen LogP contribution in [0, 0.1) is 5.82 Å². The van der Waals surface area contributed by atoms with Crippen LogP contribution >= 0.6 is 0 Å². The van der Waals surface area contributed by atoms with E-state index in [9.17, 15) is 14.3 Å². The first kappa shape index (κ1) is 11.9. The predicted molar refractivity (Wildman–Crippen MR) is 60.7 cm³/mol. The van der Waals surface area contributed by atoms with Gasteiger partial charge in [-0.3, -0.25) is 4.79 Å². The summed E-state index contributed by atoms with van der Waals surface area (Å²) in [6, 6.07) is 4.44.